The number of pyridine rings is 1. The first-order valence-corrected chi connectivity index (χ1v) is 13.4. The smallest absolute Gasteiger partial charge is 0.333 e. The van der Waals surface area contributed by atoms with Crippen LogP contribution in [0, 0.1) is 12.8 Å². The maximum absolute atomic E-state index is 13.8. The molecule has 1 saturated carbocycles. The van der Waals surface area contributed by atoms with E-state index >= 15 is 0 Å². The number of aliphatic hydroxyl groups excluding tert-OH is 1. The standard InChI is InChI=1S/C29H28ClN5O4/c1-17-23(12-19(30)14-31-17)28(37)32-20-8-6-18(7-9-20)15-34-25-4-2-3-5-26(25)35(29(34)38)21-10-11-22-24(16-36)33-39-27(22)13-21/h2-5,10-14,18,20,36H,6-9,15-16H2,1H3,(H,32,37). The molecule has 39 heavy (non-hydrogen) atoms. The average molecular weight is 546 g/mol. The first-order chi connectivity index (χ1) is 18.9. The van der Waals surface area contributed by atoms with E-state index < -0.39 is 0 Å². The van der Waals surface area contributed by atoms with E-state index in [1.165, 1.54) is 6.20 Å². The number of nitrogens with one attached hydrogen (secondary N) is 1. The van der Waals surface area contributed by atoms with Gasteiger partial charge in [0.2, 0.25) is 0 Å². The van der Waals surface area contributed by atoms with Gasteiger partial charge in [-0.15, -0.1) is 0 Å². The third kappa shape index (κ3) is 4.72. The van der Waals surface area contributed by atoms with Crippen LogP contribution in [-0.4, -0.2) is 36.3 Å². The van der Waals surface area contributed by atoms with Crippen molar-refractivity contribution in [2.45, 2.75) is 51.8 Å². The molecule has 0 radical (unpaired) electrons. The fourth-order valence-corrected chi connectivity index (χ4v) is 5.77. The van der Waals surface area contributed by atoms with Crippen molar-refractivity contribution in [3.8, 4) is 5.69 Å². The molecule has 0 saturated heterocycles. The van der Waals surface area contributed by atoms with E-state index in [1.54, 1.807) is 23.6 Å². The number of aromatic nitrogens is 4. The zero-order chi connectivity index (χ0) is 27.1. The number of hydrogen-bond acceptors (Lipinski definition) is 6. The SMILES string of the molecule is Cc1ncc(Cl)cc1C(=O)NC1CCC(Cn2c(=O)n(-c3ccc4c(CO)noc4c3)c3ccccc32)CC1. The maximum Gasteiger partial charge on any atom is 0.333 e. The van der Waals surface area contributed by atoms with E-state index in [2.05, 4.69) is 15.5 Å². The van der Waals surface area contributed by atoms with Crippen LogP contribution >= 0.6 is 11.6 Å². The molecule has 2 N–H and O–H groups in total. The van der Waals surface area contributed by atoms with Crippen LogP contribution in [0.4, 0.5) is 0 Å². The summed E-state index contributed by atoms with van der Waals surface area (Å²) < 4.78 is 8.94. The van der Waals surface area contributed by atoms with E-state index in [1.807, 2.05) is 41.0 Å². The van der Waals surface area contributed by atoms with Crippen LogP contribution in [0.25, 0.3) is 27.7 Å². The average Bonchev–Trinajstić information content (AvgIpc) is 3.48. The minimum absolute atomic E-state index is 0.0719. The van der Waals surface area contributed by atoms with E-state index in [0.717, 1.165) is 42.1 Å². The molecule has 3 aromatic heterocycles. The van der Waals surface area contributed by atoms with Crippen LogP contribution in [0.15, 0.2) is 64.0 Å². The Labute approximate surface area is 229 Å². The van der Waals surface area contributed by atoms with E-state index in [0.29, 0.717) is 45.7 Å². The summed E-state index contributed by atoms with van der Waals surface area (Å²) in [6.07, 6.45) is 5.02. The number of imidazole rings is 1. The summed E-state index contributed by atoms with van der Waals surface area (Å²) in [5.74, 6) is 0.161. The third-order valence-electron chi connectivity index (χ3n) is 7.69. The summed E-state index contributed by atoms with van der Waals surface area (Å²) in [7, 11) is 0. The van der Waals surface area contributed by atoms with Gasteiger partial charge in [0.15, 0.2) is 5.58 Å². The van der Waals surface area contributed by atoms with Gasteiger partial charge in [0, 0.05) is 30.2 Å². The second-order valence-electron chi connectivity index (χ2n) is 10.2. The van der Waals surface area contributed by atoms with E-state index in [9.17, 15) is 14.7 Å². The molecule has 200 valence electrons. The number of nitrogens with zero attached hydrogens (tertiary/aromatic N) is 4. The van der Waals surface area contributed by atoms with Crippen LogP contribution in [0.5, 0.6) is 0 Å². The molecule has 5 aromatic rings. The highest BCUT2D eigenvalue weighted by molar-refractivity contribution is 6.30. The lowest BCUT2D eigenvalue weighted by atomic mass is 9.85. The van der Waals surface area contributed by atoms with Gasteiger partial charge >= 0.3 is 5.69 Å². The molecule has 0 aliphatic heterocycles. The highest BCUT2D eigenvalue weighted by atomic mass is 35.5. The number of para-hydroxylation sites is 2. The van der Waals surface area contributed by atoms with Gasteiger partial charge < -0.3 is 14.9 Å². The Bertz CT molecular complexity index is 1750. The van der Waals surface area contributed by atoms with Gasteiger partial charge in [0.05, 0.1) is 39.6 Å². The number of carbonyl (C=O) groups is 1. The molecule has 0 bridgehead atoms. The number of amides is 1. The van der Waals surface area contributed by atoms with E-state index in [4.69, 9.17) is 16.1 Å². The van der Waals surface area contributed by atoms with Gasteiger partial charge in [-0.05, 0) is 68.9 Å². The molecule has 1 aliphatic rings. The molecule has 0 atom stereocenters. The number of aliphatic hydroxyl groups is 1. The summed E-state index contributed by atoms with van der Waals surface area (Å²) in [6.45, 7) is 2.19. The Kier molecular flexibility index (Phi) is 6.70. The highest BCUT2D eigenvalue weighted by Gasteiger charge is 2.26. The molecular weight excluding hydrogens is 518 g/mol. The molecule has 2 aromatic carbocycles. The first-order valence-electron chi connectivity index (χ1n) is 13.1. The zero-order valence-corrected chi connectivity index (χ0v) is 22.2. The normalized spacial score (nSPS) is 17.6. The van der Waals surface area contributed by atoms with Crippen LogP contribution in [0.1, 0.15) is 47.4 Å². The van der Waals surface area contributed by atoms with Crippen LogP contribution in [0.2, 0.25) is 5.02 Å². The monoisotopic (exact) mass is 545 g/mol. The topological polar surface area (TPSA) is 115 Å². The number of rotatable bonds is 6. The minimum atomic E-state index is -0.213. The first kappa shape index (κ1) is 25.3. The van der Waals surface area contributed by atoms with Gasteiger partial charge in [0.25, 0.3) is 5.91 Å². The number of benzene rings is 2. The number of hydrogen-bond donors (Lipinski definition) is 2. The van der Waals surface area contributed by atoms with Crippen LogP contribution in [-0.2, 0) is 13.2 Å². The number of carbonyl (C=O) groups excluding carboxylic acids is 1. The molecule has 9 nitrogen and oxygen atoms in total. The maximum atomic E-state index is 13.8. The van der Waals surface area contributed by atoms with Crippen molar-refractivity contribution in [2.24, 2.45) is 5.92 Å². The van der Waals surface area contributed by atoms with Crippen LogP contribution in [0.3, 0.4) is 0 Å². The Morgan fingerprint density at radius 2 is 1.90 bits per heavy atom. The fourth-order valence-electron chi connectivity index (χ4n) is 5.61. The van der Waals surface area contributed by atoms with Gasteiger partial charge in [-0.3, -0.25) is 18.9 Å². The molecule has 10 heteroatoms. The molecule has 3 heterocycles. The van der Waals surface area contributed by atoms with Crippen molar-refractivity contribution in [1.29, 1.82) is 0 Å². The Balaban J connectivity index is 1.21. The lowest BCUT2D eigenvalue weighted by molar-refractivity contribution is 0.0919. The largest absolute Gasteiger partial charge is 0.390 e. The summed E-state index contributed by atoms with van der Waals surface area (Å²) in [4.78, 5) is 30.7. The quantitative estimate of drug-likeness (QED) is 0.317. The van der Waals surface area contributed by atoms with Gasteiger partial charge in [-0.1, -0.05) is 28.9 Å². The second-order valence-corrected chi connectivity index (χ2v) is 10.6. The number of aryl methyl sites for hydroxylation is 1. The molecule has 0 unspecified atom stereocenters. The molecule has 6 rings (SSSR count). The lowest BCUT2D eigenvalue weighted by Crippen LogP contribution is -2.39. The molecular formula is C29H28ClN5O4. The Morgan fingerprint density at radius 3 is 2.67 bits per heavy atom. The van der Waals surface area contributed by atoms with Gasteiger partial charge in [-0.25, -0.2) is 4.79 Å². The summed E-state index contributed by atoms with van der Waals surface area (Å²) in [5, 5.41) is 17.7. The molecule has 0 spiro atoms. The summed E-state index contributed by atoms with van der Waals surface area (Å²) >= 11 is 6.04. The van der Waals surface area contributed by atoms with E-state index in [-0.39, 0.29) is 24.2 Å². The van der Waals surface area contributed by atoms with Gasteiger partial charge in [0.1, 0.15) is 5.69 Å². The Morgan fingerprint density at radius 1 is 1.13 bits per heavy atom. The van der Waals surface area contributed by atoms with Gasteiger partial charge in [-0.2, -0.15) is 0 Å². The molecule has 1 amide bonds. The minimum Gasteiger partial charge on any atom is -0.390 e. The predicted molar refractivity (Wildman–Crippen MR) is 148 cm³/mol. The summed E-state index contributed by atoms with van der Waals surface area (Å²) in [5.41, 5.74) is 4.39. The lowest BCUT2D eigenvalue weighted by Gasteiger charge is -2.29. The van der Waals surface area contributed by atoms with Crippen LogP contribution < -0.4 is 11.0 Å². The predicted octanol–water partition coefficient (Wildman–Crippen LogP) is 4.77. The zero-order valence-electron chi connectivity index (χ0n) is 21.4. The number of fused-ring (bicyclic) bond motifs is 2. The van der Waals surface area contributed by atoms with Crippen molar-refractivity contribution in [1.82, 2.24) is 24.6 Å². The van der Waals surface area contributed by atoms with Crippen molar-refractivity contribution in [2.75, 3.05) is 0 Å². The number of halogens is 1. The Hall–Kier alpha value is -3.95. The summed E-state index contributed by atoms with van der Waals surface area (Å²) in [6, 6.07) is 14.9. The van der Waals surface area contributed by atoms with Crippen molar-refractivity contribution >= 4 is 39.5 Å². The van der Waals surface area contributed by atoms with Crippen molar-refractivity contribution < 1.29 is 14.4 Å². The fraction of sp³-hybridized carbons (Fsp3) is 0.310. The molecule has 1 fully saturated rings. The second kappa shape index (κ2) is 10.3. The highest BCUT2D eigenvalue weighted by Crippen LogP contribution is 2.29. The third-order valence-corrected chi connectivity index (χ3v) is 7.90. The molecule has 1 aliphatic carbocycles. The van der Waals surface area contributed by atoms with Crippen molar-refractivity contribution in [3.05, 3.63) is 87.2 Å². The van der Waals surface area contributed by atoms with Crippen molar-refractivity contribution in [3.63, 3.8) is 0 Å².